The van der Waals surface area contributed by atoms with Gasteiger partial charge in [0.05, 0.1) is 5.56 Å². The Kier molecular flexibility index (Phi) is 6.09. The molecule has 0 unspecified atom stereocenters. The van der Waals surface area contributed by atoms with E-state index in [1.165, 1.54) is 19.1 Å². The SMILES string of the molecule is CCc1ccc(NC(=O)[C@H](C)OC(=O)c2cc(F)ccc2Br)cc1. The maximum absolute atomic E-state index is 13.2. The van der Waals surface area contributed by atoms with Crippen LogP contribution in [0.2, 0.25) is 0 Å². The van der Waals surface area contributed by atoms with Gasteiger partial charge < -0.3 is 10.1 Å². The molecule has 0 aliphatic carbocycles. The van der Waals surface area contributed by atoms with E-state index in [0.29, 0.717) is 10.2 Å². The summed E-state index contributed by atoms with van der Waals surface area (Å²) in [5.41, 5.74) is 1.80. The van der Waals surface area contributed by atoms with E-state index in [1.54, 1.807) is 12.1 Å². The summed E-state index contributed by atoms with van der Waals surface area (Å²) in [5.74, 6) is -1.79. The molecule has 0 aromatic heterocycles. The standard InChI is InChI=1S/C18H17BrFNO3/c1-3-12-4-7-14(8-5-12)21-17(22)11(2)24-18(23)15-10-13(20)6-9-16(15)19/h4-11H,3H2,1-2H3,(H,21,22)/t11-/m0/s1. The van der Waals surface area contributed by atoms with E-state index < -0.39 is 23.8 Å². The minimum Gasteiger partial charge on any atom is -0.449 e. The Labute approximate surface area is 148 Å². The van der Waals surface area contributed by atoms with E-state index in [-0.39, 0.29) is 5.56 Å². The first-order valence-corrected chi connectivity index (χ1v) is 8.26. The number of esters is 1. The molecule has 24 heavy (non-hydrogen) atoms. The van der Waals surface area contributed by atoms with Crippen molar-refractivity contribution in [3.8, 4) is 0 Å². The predicted molar refractivity (Wildman–Crippen MR) is 93.4 cm³/mol. The largest absolute Gasteiger partial charge is 0.449 e. The maximum atomic E-state index is 13.2. The molecule has 0 aliphatic heterocycles. The number of benzene rings is 2. The molecular formula is C18H17BrFNO3. The molecule has 0 spiro atoms. The molecule has 0 saturated carbocycles. The Balaban J connectivity index is 2.00. The molecule has 2 aromatic carbocycles. The van der Waals surface area contributed by atoms with Gasteiger partial charge in [-0.25, -0.2) is 9.18 Å². The number of nitrogens with one attached hydrogen (secondary N) is 1. The minimum absolute atomic E-state index is 0.0296. The summed E-state index contributed by atoms with van der Waals surface area (Å²) >= 11 is 3.16. The van der Waals surface area contributed by atoms with E-state index in [1.807, 2.05) is 19.1 Å². The van der Waals surface area contributed by atoms with E-state index in [2.05, 4.69) is 21.2 Å². The van der Waals surface area contributed by atoms with Gasteiger partial charge in [-0.1, -0.05) is 19.1 Å². The van der Waals surface area contributed by atoms with Crippen LogP contribution in [0.5, 0.6) is 0 Å². The number of carbonyl (C=O) groups is 2. The van der Waals surface area contributed by atoms with Crippen molar-refractivity contribution in [1.82, 2.24) is 0 Å². The van der Waals surface area contributed by atoms with Crippen molar-refractivity contribution in [2.75, 3.05) is 5.32 Å². The van der Waals surface area contributed by atoms with Crippen LogP contribution in [0.1, 0.15) is 29.8 Å². The predicted octanol–water partition coefficient (Wildman–Crippen LogP) is 4.33. The highest BCUT2D eigenvalue weighted by molar-refractivity contribution is 9.10. The van der Waals surface area contributed by atoms with Crippen molar-refractivity contribution < 1.29 is 18.7 Å². The topological polar surface area (TPSA) is 55.4 Å². The molecule has 0 heterocycles. The first-order chi connectivity index (χ1) is 11.4. The van der Waals surface area contributed by atoms with Gasteiger partial charge >= 0.3 is 5.97 Å². The van der Waals surface area contributed by atoms with Gasteiger partial charge in [-0.2, -0.15) is 0 Å². The van der Waals surface area contributed by atoms with Crippen LogP contribution in [0.15, 0.2) is 46.9 Å². The average Bonchev–Trinajstić information content (AvgIpc) is 2.57. The third-order valence-corrected chi connectivity index (χ3v) is 4.12. The number of anilines is 1. The molecule has 0 saturated heterocycles. The highest BCUT2D eigenvalue weighted by atomic mass is 79.9. The summed E-state index contributed by atoms with van der Waals surface area (Å²) in [7, 11) is 0. The van der Waals surface area contributed by atoms with Crippen LogP contribution in [0, 0.1) is 5.82 Å². The number of ether oxygens (including phenoxy) is 1. The Hall–Kier alpha value is -2.21. The summed E-state index contributed by atoms with van der Waals surface area (Å²) in [6.45, 7) is 3.50. The Morgan fingerprint density at radius 2 is 1.88 bits per heavy atom. The molecule has 0 radical (unpaired) electrons. The lowest BCUT2D eigenvalue weighted by atomic mass is 10.1. The molecule has 1 atom stereocenters. The van der Waals surface area contributed by atoms with Crippen LogP contribution >= 0.6 is 15.9 Å². The maximum Gasteiger partial charge on any atom is 0.340 e. The Morgan fingerprint density at radius 3 is 2.50 bits per heavy atom. The highest BCUT2D eigenvalue weighted by Crippen LogP contribution is 2.19. The molecule has 2 aromatic rings. The van der Waals surface area contributed by atoms with Crippen LogP contribution in [0.25, 0.3) is 0 Å². The Bertz CT molecular complexity index is 746. The second-order valence-corrected chi connectivity index (χ2v) is 6.07. The lowest BCUT2D eigenvalue weighted by Crippen LogP contribution is -2.30. The normalized spacial score (nSPS) is 11.7. The van der Waals surface area contributed by atoms with Crippen LogP contribution in [-0.2, 0) is 16.0 Å². The second-order valence-electron chi connectivity index (χ2n) is 5.21. The smallest absolute Gasteiger partial charge is 0.340 e. The van der Waals surface area contributed by atoms with Gasteiger partial charge in [-0.05, 0) is 65.2 Å². The number of halogens is 2. The molecule has 1 N–H and O–H groups in total. The van der Waals surface area contributed by atoms with E-state index in [9.17, 15) is 14.0 Å². The lowest BCUT2D eigenvalue weighted by molar-refractivity contribution is -0.123. The Morgan fingerprint density at radius 1 is 1.21 bits per heavy atom. The third kappa shape index (κ3) is 4.64. The van der Waals surface area contributed by atoms with E-state index in [0.717, 1.165) is 18.1 Å². The van der Waals surface area contributed by atoms with Crippen molar-refractivity contribution in [3.05, 3.63) is 63.9 Å². The van der Waals surface area contributed by atoms with Gasteiger partial charge in [0.1, 0.15) is 5.82 Å². The van der Waals surface area contributed by atoms with Crippen molar-refractivity contribution in [3.63, 3.8) is 0 Å². The molecule has 0 fully saturated rings. The van der Waals surface area contributed by atoms with Crippen LogP contribution in [-0.4, -0.2) is 18.0 Å². The zero-order chi connectivity index (χ0) is 17.7. The van der Waals surface area contributed by atoms with Gasteiger partial charge in [0.15, 0.2) is 6.10 Å². The van der Waals surface area contributed by atoms with Gasteiger partial charge in [0.2, 0.25) is 0 Å². The zero-order valence-corrected chi connectivity index (χ0v) is 14.9. The van der Waals surface area contributed by atoms with Crippen LogP contribution in [0.3, 0.4) is 0 Å². The molecule has 2 rings (SSSR count). The number of carbonyl (C=O) groups excluding carboxylic acids is 2. The number of rotatable bonds is 5. The first-order valence-electron chi connectivity index (χ1n) is 7.46. The summed E-state index contributed by atoms with van der Waals surface area (Å²) in [6, 6.07) is 11.1. The number of hydrogen-bond acceptors (Lipinski definition) is 3. The highest BCUT2D eigenvalue weighted by Gasteiger charge is 2.21. The number of hydrogen-bond donors (Lipinski definition) is 1. The van der Waals surface area contributed by atoms with Crippen molar-refractivity contribution in [1.29, 1.82) is 0 Å². The van der Waals surface area contributed by atoms with E-state index in [4.69, 9.17) is 4.74 Å². The fraction of sp³-hybridized carbons (Fsp3) is 0.222. The van der Waals surface area contributed by atoms with Crippen LogP contribution in [0.4, 0.5) is 10.1 Å². The third-order valence-electron chi connectivity index (χ3n) is 3.43. The van der Waals surface area contributed by atoms with Gasteiger partial charge in [-0.3, -0.25) is 4.79 Å². The molecular weight excluding hydrogens is 377 g/mol. The van der Waals surface area contributed by atoms with Crippen molar-refractivity contribution in [2.24, 2.45) is 0 Å². The molecule has 1 amide bonds. The van der Waals surface area contributed by atoms with Gasteiger partial charge in [0.25, 0.3) is 5.91 Å². The van der Waals surface area contributed by atoms with Crippen molar-refractivity contribution >= 4 is 33.5 Å². The molecule has 4 nitrogen and oxygen atoms in total. The molecule has 6 heteroatoms. The van der Waals surface area contributed by atoms with Crippen LogP contribution < -0.4 is 5.32 Å². The first kappa shape index (κ1) is 18.1. The van der Waals surface area contributed by atoms with Crippen molar-refractivity contribution in [2.45, 2.75) is 26.4 Å². The molecule has 0 aliphatic rings. The summed E-state index contributed by atoms with van der Waals surface area (Å²) in [6.07, 6.45) is -0.108. The quantitative estimate of drug-likeness (QED) is 0.768. The fourth-order valence-corrected chi connectivity index (χ4v) is 2.41. The monoisotopic (exact) mass is 393 g/mol. The second kappa shape index (κ2) is 8.06. The number of aryl methyl sites for hydroxylation is 1. The average molecular weight is 394 g/mol. The fourth-order valence-electron chi connectivity index (χ4n) is 2.00. The lowest BCUT2D eigenvalue weighted by Gasteiger charge is -2.14. The zero-order valence-electron chi connectivity index (χ0n) is 13.3. The summed E-state index contributed by atoms with van der Waals surface area (Å²) in [5, 5.41) is 2.67. The summed E-state index contributed by atoms with van der Waals surface area (Å²) < 4.78 is 18.7. The minimum atomic E-state index is -1.02. The van der Waals surface area contributed by atoms with Gasteiger partial charge in [0, 0.05) is 10.2 Å². The van der Waals surface area contributed by atoms with E-state index >= 15 is 0 Å². The van der Waals surface area contributed by atoms with Gasteiger partial charge in [-0.15, -0.1) is 0 Å². The summed E-state index contributed by atoms with van der Waals surface area (Å²) in [4.78, 5) is 24.2. The molecule has 126 valence electrons. The molecule has 0 bridgehead atoms. The number of amides is 1.